The van der Waals surface area contributed by atoms with Crippen LogP contribution in [-0.4, -0.2) is 16.1 Å². The highest BCUT2D eigenvalue weighted by Crippen LogP contribution is 2.42. The molecule has 0 aliphatic carbocycles. The van der Waals surface area contributed by atoms with Gasteiger partial charge in [0, 0.05) is 0 Å². The van der Waals surface area contributed by atoms with Crippen molar-refractivity contribution in [2.45, 2.75) is 12.6 Å². The van der Waals surface area contributed by atoms with Crippen LogP contribution >= 0.6 is 11.3 Å². The number of carbonyl (C=O) groups excluding carboxylic acids is 1. The van der Waals surface area contributed by atoms with Crippen LogP contribution in [0.2, 0.25) is 0 Å². The number of rotatable bonds is 5. The van der Waals surface area contributed by atoms with Crippen LogP contribution in [0.4, 0.5) is 9.52 Å². The summed E-state index contributed by atoms with van der Waals surface area (Å²) >= 11 is 1.17. The fraction of sp³-hybridized carbons (Fsp3) is 0.0769. The molecule has 0 saturated carbocycles. The van der Waals surface area contributed by atoms with Gasteiger partial charge in [-0.25, -0.2) is 4.39 Å². The molecule has 0 spiro atoms. The van der Waals surface area contributed by atoms with Crippen LogP contribution in [0.1, 0.15) is 33.3 Å². The van der Waals surface area contributed by atoms with Crippen LogP contribution in [0.3, 0.4) is 0 Å². The standard InChI is InChI=1S/C26H16FN3O4S/c27-17-9-10-20-19(12-17)23(31)21-22(30(25(32)24(21)34-20)26-29-28-14-35-26)16-7-4-8-18(11-16)33-13-15-5-2-1-3-6-15/h1-12,14,22H,13H2. The molecule has 9 heteroatoms. The minimum absolute atomic E-state index is 0.0668. The summed E-state index contributed by atoms with van der Waals surface area (Å²) in [5.74, 6) is -0.603. The van der Waals surface area contributed by atoms with E-state index in [4.69, 9.17) is 9.15 Å². The first-order valence-corrected chi connectivity index (χ1v) is 11.6. The second-order valence-electron chi connectivity index (χ2n) is 7.96. The van der Waals surface area contributed by atoms with Crippen molar-refractivity contribution in [2.75, 3.05) is 4.90 Å². The maximum absolute atomic E-state index is 14.0. The summed E-state index contributed by atoms with van der Waals surface area (Å²) in [5, 5.41) is 8.29. The summed E-state index contributed by atoms with van der Waals surface area (Å²) in [6.07, 6.45) is 0. The first kappa shape index (κ1) is 21.2. The quantitative estimate of drug-likeness (QED) is 0.344. The van der Waals surface area contributed by atoms with Gasteiger partial charge in [0.05, 0.1) is 17.0 Å². The van der Waals surface area contributed by atoms with Crippen LogP contribution < -0.4 is 15.1 Å². The van der Waals surface area contributed by atoms with Gasteiger partial charge in [-0.15, -0.1) is 10.2 Å². The molecule has 3 heterocycles. The molecule has 7 nitrogen and oxygen atoms in total. The zero-order chi connectivity index (χ0) is 23.9. The topological polar surface area (TPSA) is 85.5 Å². The number of ether oxygens (including phenoxy) is 1. The predicted octanol–water partition coefficient (Wildman–Crippen LogP) is 5.11. The molecule has 172 valence electrons. The van der Waals surface area contributed by atoms with Crippen LogP contribution in [0, 0.1) is 5.82 Å². The molecule has 0 N–H and O–H groups in total. The lowest BCUT2D eigenvalue weighted by Gasteiger charge is -2.22. The highest BCUT2D eigenvalue weighted by atomic mass is 32.1. The van der Waals surface area contributed by atoms with E-state index in [9.17, 15) is 14.0 Å². The summed E-state index contributed by atoms with van der Waals surface area (Å²) in [6.45, 7) is 0.358. The molecule has 3 aromatic carbocycles. The van der Waals surface area contributed by atoms with Gasteiger partial charge in [0.15, 0.2) is 5.43 Å². The number of nitrogens with zero attached hydrogens (tertiary/aromatic N) is 3. The Labute approximate surface area is 202 Å². The lowest BCUT2D eigenvalue weighted by atomic mass is 9.98. The molecule has 1 atom stereocenters. The number of amides is 1. The summed E-state index contributed by atoms with van der Waals surface area (Å²) in [6, 6.07) is 19.7. The van der Waals surface area contributed by atoms with E-state index in [1.54, 1.807) is 24.3 Å². The number of anilines is 1. The van der Waals surface area contributed by atoms with Gasteiger partial charge in [-0.2, -0.15) is 0 Å². The number of fused-ring (bicyclic) bond motifs is 2. The van der Waals surface area contributed by atoms with E-state index in [0.717, 1.165) is 11.6 Å². The minimum atomic E-state index is -0.838. The monoisotopic (exact) mass is 485 g/mol. The molecule has 0 saturated heterocycles. The van der Waals surface area contributed by atoms with Crippen molar-refractivity contribution in [3.63, 3.8) is 0 Å². The number of benzene rings is 3. The third-order valence-electron chi connectivity index (χ3n) is 5.81. The van der Waals surface area contributed by atoms with E-state index in [1.807, 2.05) is 30.3 Å². The Kier molecular flexibility index (Phi) is 5.11. The molecule has 6 rings (SSSR count). The third kappa shape index (κ3) is 3.66. The molecule has 5 aromatic rings. The predicted molar refractivity (Wildman–Crippen MR) is 128 cm³/mol. The maximum Gasteiger partial charge on any atom is 0.297 e. The number of aromatic nitrogens is 2. The minimum Gasteiger partial charge on any atom is -0.489 e. The molecule has 1 amide bonds. The smallest absolute Gasteiger partial charge is 0.297 e. The fourth-order valence-corrected chi connectivity index (χ4v) is 4.83. The Morgan fingerprint density at radius 3 is 2.69 bits per heavy atom. The van der Waals surface area contributed by atoms with Gasteiger partial charge in [0.25, 0.3) is 5.91 Å². The van der Waals surface area contributed by atoms with Gasteiger partial charge in [-0.05, 0) is 41.5 Å². The molecule has 35 heavy (non-hydrogen) atoms. The average Bonchev–Trinajstić information content (AvgIpc) is 3.51. The lowest BCUT2D eigenvalue weighted by Crippen LogP contribution is -2.29. The van der Waals surface area contributed by atoms with Crippen molar-refractivity contribution in [1.82, 2.24) is 10.2 Å². The molecule has 0 bridgehead atoms. The third-order valence-corrected chi connectivity index (χ3v) is 6.50. The summed E-state index contributed by atoms with van der Waals surface area (Å²) in [5.41, 5.74) is 2.93. The van der Waals surface area contributed by atoms with E-state index in [-0.39, 0.29) is 22.3 Å². The van der Waals surface area contributed by atoms with E-state index in [2.05, 4.69) is 10.2 Å². The molecular formula is C26H16FN3O4S. The second kappa shape index (κ2) is 8.44. The Morgan fingerprint density at radius 1 is 1.03 bits per heavy atom. The number of halogens is 1. The highest BCUT2D eigenvalue weighted by molar-refractivity contribution is 7.13. The van der Waals surface area contributed by atoms with E-state index >= 15 is 0 Å². The Balaban J connectivity index is 1.48. The van der Waals surface area contributed by atoms with Crippen molar-refractivity contribution in [1.29, 1.82) is 0 Å². The SMILES string of the molecule is O=C1c2oc3ccc(F)cc3c(=O)c2C(c2cccc(OCc3ccccc3)c2)N1c1nncs1. The molecule has 1 aliphatic heterocycles. The van der Waals surface area contributed by atoms with Gasteiger partial charge < -0.3 is 9.15 Å². The van der Waals surface area contributed by atoms with Crippen molar-refractivity contribution >= 4 is 33.3 Å². The second-order valence-corrected chi connectivity index (χ2v) is 8.77. The number of hydrogen-bond acceptors (Lipinski definition) is 7. The van der Waals surface area contributed by atoms with Gasteiger partial charge in [-0.3, -0.25) is 14.5 Å². The van der Waals surface area contributed by atoms with E-state index < -0.39 is 23.2 Å². The zero-order valence-electron chi connectivity index (χ0n) is 18.1. The largest absolute Gasteiger partial charge is 0.489 e. The normalized spacial score (nSPS) is 14.9. The van der Waals surface area contributed by atoms with Crippen molar-refractivity contribution < 1.29 is 18.3 Å². The van der Waals surface area contributed by atoms with Gasteiger partial charge in [0.2, 0.25) is 10.9 Å². The van der Waals surface area contributed by atoms with Gasteiger partial charge >= 0.3 is 0 Å². The highest BCUT2D eigenvalue weighted by Gasteiger charge is 2.45. The van der Waals surface area contributed by atoms with Crippen LogP contribution in [-0.2, 0) is 6.61 Å². The first-order chi connectivity index (χ1) is 17.1. The number of hydrogen-bond donors (Lipinski definition) is 0. The van der Waals surface area contributed by atoms with E-state index in [1.165, 1.54) is 33.9 Å². The molecule has 1 unspecified atom stereocenters. The van der Waals surface area contributed by atoms with Gasteiger partial charge in [-0.1, -0.05) is 53.8 Å². The Morgan fingerprint density at radius 2 is 1.89 bits per heavy atom. The fourth-order valence-electron chi connectivity index (χ4n) is 4.25. The molecule has 0 fully saturated rings. The number of carbonyl (C=O) groups is 1. The van der Waals surface area contributed by atoms with Crippen LogP contribution in [0.5, 0.6) is 5.75 Å². The summed E-state index contributed by atoms with van der Waals surface area (Å²) in [4.78, 5) is 28.4. The lowest BCUT2D eigenvalue weighted by molar-refractivity contribution is 0.0970. The molecule has 2 aromatic heterocycles. The van der Waals surface area contributed by atoms with Crippen molar-refractivity contribution in [3.8, 4) is 5.75 Å². The Bertz CT molecular complexity index is 1620. The van der Waals surface area contributed by atoms with Crippen LogP contribution in [0.15, 0.2) is 87.5 Å². The molecule has 0 radical (unpaired) electrons. The van der Waals surface area contributed by atoms with E-state index in [0.29, 0.717) is 23.1 Å². The maximum atomic E-state index is 14.0. The Hall–Kier alpha value is -4.37. The first-order valence-electron chi connectivity index (χ1n) is 10.7. The van der Waals surface area contributed by atoms with Crippen LogP contribution in [0.25, 0.3) is 11.0 Å². The van der Waals surface area contributed by atoms with Crippen molar-refractivity contribution in [2.24, 2.45) is 0 Å². The molecular weight excluding hydrogens is 469 g/mol. The average molecular weight is 485 g/mol. The summed E-state index contributed by atoms with van der Waals surface area (Å²) < 4.78 is 25.8. The van der Waals surface area contributed by atoms with Gasteiger partial charge in [0.1, 0.15) is 29.3 Å². The summed E-state index contributed by atoms with van der Waals surface area (Å²) in [7, 11) is 0. The van der Waals surface area contributed by atoms with Crippen molar-refractivity contribution in [3.05, 3.63) is 117 Å². The zero-order valence-corrected chi connectivity index (χ0v) is 18.9. The molecule has 1 aliphatic rings.